The minimum atomic E-state index is -0.563. The summed E-state index contributed by atoms with van der Waals surface area (Å²) in [7, 11) is 0. The van der Waals surface area contributed by atoms with E-state index in [9.17, 15) is 10.1 Å². The maximum atomic E-state index is 11.5. The quantitative estimate of drug-likeness (QED) is 0.504. The van der Waals surface area contributed by atoms with Crippen LogP contribution >= 0.6 is 15.9 Å². The first-order valence-electron chi connectivity index (χ1n) is 6.69. The molecule has 24 heavy (non-hydrogen) atoms. The lowest BCUT2D eigenvalue weighted by Gasteiger charge is -2.09. The second kappa shape index (κ2) is 6.96. The molecule has 0 saturated carbocycles. The maximum absolute atomic E-state index is 11.5. The number of anilines is 4. The van der Waals surface area contributed by atoms with Crippen molar-refractivity contribution in [3.8, 4) is 0 Å². The van der Waals surface area contributed by atoms with Gasteiger partial charge in [-0.15, -0.1) is 0 Å². The second-order valence-corrected chi connectivity index (χ2v) is 5.42. The minimum Gasteiger partial charge on any atom is -0.319 e. The van der Waals surface area contributed by atoms with Gasteiger partial charge in [-0.1, -0.05) is 6.07 Å². The first-order valence-corrected chi connectivity index (χ1v) is 7.49. The number of nitrogens with one attached hydrogen (secondary N) is 2. The molecule has 0 spiro atoms. The molecule has 0 aromatic carbocycles. The van der Waals surface area contributed by atoms with Gasteiger partial charge in [-0.25, -0.2) is 19.9 Å². The van der Waals surface area contributed by atoms with Crippen molar-refractivity contribution in [2.75, 3.05) is 10.6 Å². The molecular weight excluding hydrogens is 378 g/mol. The Hall–Kier alpha value is -3.14. The summed E-state index contributed by atoms with van der Waals surface area (Å²) < 4.78 is 0.794. The van der Waals surface area contributed by atoms with E-state index in [1.165, 1.54) is 6.33 Å². The Morgan fingerprint density at radius 3 is 2.21 bits per heavy atom. The molecule has 120 valence electrons. The smallest absolute Gasteiger partial charge is 0.319 e. The molecule has 3 heterocycles. The molecule has 0 atom stereocenters. The number of nitro groups is 1. The lowest BCUT2D eigenvalue weighted by atomic mass is 10.4. The second-order valence-electron chi connectivity index (χ2n) is 4.50. The summed E-state index contributed by atoms with van der Waals surface area (Å²) in [4.78, 5) is 27.0. The van der Waals surface area contributed by atoms with Gasteiger partial charge in [0.05, 0.1) is 4.92 Å². The van der Waals surface area contributed by atoms with Crippen LogP contribution in [0.2, 0.25) is 0 Å². The van der Waals surface area contributed by atoms with Crippen molar-refractivity contribution >= 4 is 44.9 Å². The van der Waals surface area contributed by atoms with E-state index in [-0.39, 0.29) is 17.3 Å². The summed E-state index contributed by atoms with van der Waals surface area (Å²) in [6.07, 6.45) is 4.36. The van der Waals surface area contributed by atoms with Crippen molar-refractivity contribution in [2.45, 2.75) is 0 Å². The van der Waals surface area contributed by atoms with Crippen LogP contribution in [-0.4, -0.2) is 24.9 Å². The van der Waals surface area contributed by atoms with Gasteiger partial charge in [0.1, 0.15) is 18.0 Å². The number of hydrogen-bond acceptors (Lipinski definition) is 8. The summed E-state index contributed by atoms with van der Waals surface area (Å²) in [6, 6.07) is 8.60. The van der Waals surface area contributed by atoms with Gasteiger partial charge in [0.2, 0.25) is 11.6 Å². The van der Waals surface area contributed by atoms with Crippen molar-refractivity contribution < 1.29 is 4.92 Å². The average molecular weight is 388 g/mol. The van der Waals surface area contributed by atoms with E-state index in [4.69, 9.17) is 0 Å². The molecule has 0 aliphatic heterocycles. The van der Waals surface area contributed by atoms with Gasteiger partial charge < -0.3 is 10.6 Å². The number of aromatic nitrogens is 4. The molecule has 0 bridgehead atoms. The number of hydrogen-bond donors (Lipinski definition) is 2. The first-order chi connectivity index (χ1) is 11.6. The van der Waals surface area contributed by atoms with Crippen LogP contribution in [-0.2, 0) is 0 Å². The van der Waals surface area contributed by atoms with Gasteiger partial charge in [0, 0.05) is 16.9 Å². The van der Waals surface area contributed by atoms with Crippen LogP contribution in [0.1, 0.15) is 0 Å². The van der Waals surface area contributed by atoms with Crippen molar-refractivity contribution in [3.05, 3.63) is 63.6 Å². The zero-order chi connectivity index (χ0) is 16.9. The zero-order valence-electron chi connectivity index (χ0n) is 12.0. The van der Waals surface area contributed by atoms with Gasteiger partial charge >= 0.3 is 5.69 Å². The monoisotopic (exact) mass is 387 g/mol. The van der Waals surface area contributed by atoms with Crippen molar-refractivity contribution in [1.82, 2.24) is 19.9 Å². The van der Waals surface area contributed by atoms with Gasteiger partial charge in [-0.3, -0.25) is 10.1 Å². The number of rotatable bonds is 5. The SMILES string of the molecule is O=[N+]([O-])c1c(Nc2ccccn2)ncnc1Nc1ccc(Br)cn1. The molecule has 0 saturated heterocycles. The molecule has 0 aliphatic rings. The molecule has 0 unspecified atom stereocenters. The van der Waals surface area contributed by atoms with Crippen molar-refractivity contribution in [2.24, 2.45) is 0 Å². The maximum Gasteiger partial charge on any atom is 0.354 e. The van der Waals surface area contributed by atoms with Gasteiger partial charge in [0.15, 0.2) is 0 Å². The standard InChI is InChI=1S/C14H10BrN7O2/c15-9-4-5-11(17-7-9)21-14-12(22(23)24)13(18-8-19-14)20-10-3-1-2-6-16-10/h1-8H,(H2,16,17,18,19,20,21). The molecule has 0 radical (unpaired) electrons. The Bertz CT molecular complexity index is 859. The molecule has 0 aliphatic carbocycles. The Morgan fingerprint density at radius 2 is 1.67 bits per heavy atom. The fourth-order valence-corrected chi connectivity index (χ4v) is 2.10. The van der Waals surface area contributed by atoms with E-state index in [0.717, 1.165) is 4.47 Å². The predicted octanol–water partition coefficient (Wildman–Crippen LogP) is 3.42. The summed E-state index contributed by atoms with van der Waals surface area (Å²) in [6.45, 7) is 0. The lowest BCUT2D eigenvalue weighted by Crippen LogP contribution is -2.06. The third kappa shape index (κ3) is 3.60. The molecule has 3 rings (SSSR count). The zero-order valence-corrected chi connectivity index (χ0v) is 13.6. The van der Waals surface area contributed by atoms with E-state index >= 15 is 0 Å². The van der Waals surface area contributed by atoms with Gasteiger partial charge in [0.25, 0.3) is 0 Å². The van der Waals surface area contributed by atoms with Crippen LogP contribution in [0.25, 0.3) is 0 Å². The molecule has 0 amide bonds. The van der Waals surface area contributed by atoms with Crippen LogP contribution in [0.4, 0.5) is 29.0 Å². The van der Waals surface area contributed by atoms with Crippen LogP contribution in [0.15, 0.2) is 53.5 Å². The van der Waals surface area contributed by atoms with Crippen LogP contribution in [0, 0.1) is 10.1 Å². The lowest BCUT2D eigenvalue weighted by molar-refractivity contribution is -0.383. The Kier molecular flexibility index (Phi) is 4.57. The molecule has 3 aromatic heterocycles. The molecule has 10 heteroatoms. The molecular formula is C14H10BrN7O2. The third-order valence-electron chi connectivity index (χ3n) is 2.89. The Labute approximate surface area is 144 Å². The summed E-state index contributed by atoms with van der Waals surface area (Å²) in [5, 5.41) is 17.1. The van der Waals surface area contributed by atoms with Crippen LogP contribution in [0.5, 0.6) is 0 Å². The van der Waals surface area contributed by atoms with Gasteiger partial charge in [-0.05, 0) is 40.2 Å². The summed E-state index contributed by atoms with van der Waals surface area (Å²) in [5.41, 5.74) is -0.298. The highest BCUT2D eigenvalue weighted by Gasteiger charge is 2.23. The fraction of sp³-hybridized carbons (Fsp3) is 0. The van der Waals surface area contributed by atoms with Gasteiger partial charge in [-0.2, -0.15) is 0 Å². The number of pyridine rings is 2. The summed E-state index contributed by atoms with van der Waals surface area (Å²) in [5.74, 6) is 0.923. The normalized spacial score (nSPS) is 10.2. The Morgan fingerprint density at radius 1 is 0.958 bits per heavy atom. The van der Waals surface area contributed by atoms with E-state index in [1.54, 1.807) is 42.7 Å². The highest BCUT2D eigenvalue weighted by Crippen LogP contribution is 2.32. The van der Waals surface area contributed by atoms with E-state index in [2.05, 4.69) is 46.5 Å². The molecule has 3 aromatic rings. The number of nitrogens with zero attached hydrogens (tertiary/aromatic N) is 5. The fourth-order valence-electron chi connectivity index (χ4n) is 1.86. The molecule has 0 fully saturated rings. The molecule has 2 N–H and O–H groups in total. The number of halogens is 1. The summed E-state index contributed by atoms with van der Waals surface area (Å²) >= 11 is 3.28. The topological polar surface area (TPSA) is 119 Å². The third-order valence-corrected chi connectivity index (χ3v) is 3.36. The van der Waals surface area contributed by atoms with Crippen LogP contribution < -0.4 is 10.6 Å². The largest absolute Gasteiger partial charge is 0.354 e. The minimum absolute atomic E-state index is 0.0308. The van der Waals surface area contributed by atoms with E-state index < -0.39 is 4.92 Å². The van der Waals surface area contributed by atoms with E-state index in [0.29, 0.717) is 11.6 Å². The molecule has 9 nitrogen and oxygen atoms in total. The van der Waals surface area contributed by atoms with Crippen LogP contribution in [0.3, 0.4) is 0 Å². The Balaban J connectivity index is 1.96. The first kappa shape index (κ1) is 15.7. The van der Waals surface area contributed by atoms with Crippen molar-refractivity contribution in [3.63, 3.8) is 0 Å². The van der Waals surface area contributed by atoms with E-state index in [1.807, 2.05) is 0 Å². The highest BCUT2D eigenvalue weighted by atomic mass is 79.9. The predicted molar refractivity (Wildman–Crippen MR) is 91.4 cm³/mol. The average Bonchev–Trinajstić information content (AvgIpc) is 2.58. The highest BCUT2D eigenvalue weighted by molar-refractivity contribution is 9.10. The van der Waals surface area contributed by atoms with Crippen molar-refractivity contribution in [1.29, 1.82) is 0 Å².